The molecule has 2 aromatic rings. The summed E-state index contributed by atoms with van der Waals surface area (Å²) < 4.78 is 2.03. The number of amides is 1. The molecule has 0 bridgehead atoms. The summed E-state index contributed by atoms with van der Waals surface area (Å²) in [5.41, 5.74) is 2.42. The van der Waals surface area contributed by atoms with Crippen LogP contribution in [0.1, 0.15) is 35.9 Å². The Hall–Kier alpha value is -1.88. The van der Waals surface area contributed by atoms with E-state index in [0.29, 0.717) is 18.2 Å². The number of carbonyl (C=O) groups is 1. The van der Waals surface area contributed by atoms with E-state index >= 15 is 0 Å². The third kappa shape index (κ3) is 2.86. The standard InChI is InChI=1S/C17H24N4O/c1-13-7-6-9-20(11-13)17(22)16-14(12-19(2)3)21-10-5-4-8-15(21)18-16/h4-5,8,10,13H,6-7,9,11-12H2,1-3H3. The van der Waals surface area contributed by atoms with Crippen LogP contribution in [0.15, 0.2) is 24.4 Å². The Morgan fingerprint density at radius 3 is 2.95 bits per heavy atom. The van der Waals surface area contributed by atoms with Gasteiger partial charge in [-0.2, -0.15) is 0 Å². The van der Waals surface area contributed by atoms with E-state index in [2.05, 4.69) is 16.8 Å². The number of fused-ring (bicyclic) bond motifs is 1. The maximum absolute atomic E-state index is 12.9. The molecule has 1 aliphatic heterocycles. The molecule has 0 aromatic carbocycles. The average Bonchev–Trinajstić information content (AvgIpc) is 2.85. The van der Waals surface area contributed by atoms with E-state index in [0.717, 1.165) is 30.9 Å². The molecule has 1 amide bonds. The highest BCUT2D eigenvalue weighted by Crippen LogP contribution is 2.21. The number of hydrogen-bond acceptors (Lipinski definition) is 3. The van der Waals surface area contributed by atoms with Gasteiger partial charge in [-0.25, -0.2) is 4.98 Å². The van der Waals surface area contributed by atoms with Gasteiger partial charge in [0.25, 0.3) is 5.91 Å². The molecular weight excluding hydrogens is 276 g/mol. The van der Waals surface area contributed by atoms with Crippen molar-refractivity contribution < 1.29 is 4.79 Å². The Kier molecular flexibility index (Phi) is 4.16. The van der Waals surface area contributed by atoms with Gasteiger partial charge in [0.2, 0.25) is 0 Å². The third-order valence-corrected chi connectivity index (χ3v) is 4.24. The van der Waals surface area contributed by atoms with Crippen LogP contribution in [0.4, 0.5) is 0 Å². The molecule has 5 heteroatoms. The highest BCUT2D eigenvalue weighted by molar-refractivity contribution is 5.94. The Bertz CT molecular complexity index is 676. The van der Waals surface area contributed by atoms with E-state index in [1.807, 2.05) is 47.8 Å². The lowest BCUT2D eigenvalue weighted by atomic mass is 10.00. The number of carbonyl (C=O) groups excluding carboxylic acids is 1. The molecule has 0 radical (unpaired) electrons. The highest BCUT2D eigenvalue weighted by atomic mass is 16.2. The molecular formula is C17H24N4O. The van der Waals surface area contributed by atoms with Crippen LogP contribution in [0.3, 0.4) is 0 Å². The van der Waals surface area contributed by atoms with E-state index in [-0.39, 0.29) is 5.91 Å². The number of rotatable bonds is 3. The second kappa shape index (κ2) is 6.08. The first-order chi connectivity index (χ1) is 10.6. The van der Waals surface area contributed by atoms with Gasteiger partial charge in [-0.05, 0) is 45.0 Å². The number of nitrogens with zero attached hydrogens (tertiary/aromatic N) is 4. The number of piperidine rings is 1. The minimum atomic E-state index is 0.0760. The molecule has 5 nitrogen and oxygen atoms in total. The summed E-state index contributed by atoms with van der Waals surface area (Å²) in [7, 11) is 4.03. The van der Waals surface area contributed by atoms with Crippen molar-refractivity contribution >= 4 is 11.6 Å². The van der Waals surface area contributed by atoms with Crippen molar-refractivity contribution in [2.75, 3.05) is 27.2 Å². The molecule has 1 fully saturated rings. The van der Waals surface area contributed by atoms with Gasteiger partial charge in [-0.3, -0.25) is 4.79 Å². The first-order valence-corrected chi connectivity index (χ1v) is 7.96. The van der Waals surface area contributed by atoms with Gasteiger partial charge in [0.1, 0.15) is 5.65 Å². The molecule has 0 N–H and O–H groups in total. The lowest BCUT2D eigenvalue weighted by Gasteiger charge is -2.30. The molecule has 1 unspecified atom stereocenters. The van der Waals surface area contributed by atoms with Crippen molar-refractivity contribution in [2.45, 2.75) is 26.3 Å². The van der Waals surface area contributed by atoms with Crippen LogP contribution in [-0.4, -0.2) is 52.3 Å². The van der Waals surface area contributed by atoms with Gasteiger partial charge in [-0.15, -0.1) is 0 Å². The minimum Gasteiger partial charge on any atom is -0.337 e. The van der Waals surface area contributed by atoms with Gasteiger partial charge in [0.05, 0.1) is 5.69 Å². The van der Waals surface area contributed by atoms with E-state index in [9.17, 15) is 4.79 Å². The van der Waals surface area contributed by atoms with Gasteiger partial charge in [-0.1, -0.05) is 13.0 Å². The molecule has 3 rings (SSSR count). The molecule has 3 heterocycles. The lowest BCUT2D eigenvalue weighted by Crippen LogP contribution is -2.39. The predicted molar refractivity (Wildman–Crippen MR) is 86.9 cm³/mol. The van der Waals surface area contributed by atoms with Crippen LogP contribution in [0.2, 0.25) is 0 Å². The fourth-order valence-corrected chi connectivity index (χ4v) is 3.19. The average molecular weight is 300 g/mol. The third-order valence-electron chi connectivity index (χ3n) is 4.24. The predicted octanol–water partition coefficient (Wildman–Crippen LogP) is 2.27. The van der Waals surface area contributed by atoms with E-state index in [4.69, 9.17) is 0 Å². The van der Waals surface area contributed by atoms with Crippen molar-refractivity contribution in [3.63, 3.8) is 0 Å². The Morgan fingerprint density at radius 2 is 2.23 bits per heavy atom. The monoisotopic (exact) mass is 300 g/mol. The van der Waals surface area contributed by atoms with Crippen molar-refractivity contribution in [3.8, 4) is 0 Å². The zero-order valence-electron chi connectivity index (χ0n) is 13.6. The molecule has 1 aliphatic rings. The summed E-state index contributed by atoms with van der Waals surface area (Å²) in [4.78, 5) is 21.6. The number of hydrogen-bond donors (Lipinski definition) is 0. The molecule has 0 aliphatic carbocycles. The van der Waals surface area contributed by atoms with Crippen molar-refractivity contribution in [3.05, 3.63) is 35.8 Å². The Balaban J connectivity index is 1.99. The fourth-order valence-electron chi connectivity index (χ4n) is 3.19. The summed E-state index contributed by atoms with van der Waals surface area (Å²) in [5.74, 6) is 0.652. The van der Waals surface area contributed by atoms with Gasteiger partial charge < -0.3 is 14.2 Å². The van der Waals surface area contributed by atoms with E-state index < -0.39 is 0 Å². The van der Waals surface area contributed by atoms with Crippen molar-refractivity contribution in [1.29, 1.82) is 0 Å². The first-order valence-electron chi connectivity index (χ1n) is 7.96. The van der Waals surface area contributed by atoms with Crippen LogP contribution in [-0.2, 0) is 6.54 Å². The lowest BCUT2D eigenvalue weighted by molar-refractivity contribution is 0.0675. The van der Waals surface area contributed by atoms with Gasteiger partial charge in [0, 0.05) is 25.8 Å². The molecule has 0 saturated carbocycles. The van der Waals surface area contributed by atoms with Gasteiger partial charge in [0.15, 0.2) is 5.69 Å². The summed E-state index contributed by atoms with van der Waals surface area (Å²) in [6, 6.07) is 5.89. The summed E-state index contributed by atoms with van der Waals surface area (Å²) in [5, 5.41) is 0. The van der Waals surface area contributed by atoms with Gasteiger partial charge >= 0.3 is 0 Å². The van der Waals surface area contributed by atoms with Crippen LogP contribution >= 0.6 is 0 Å². The number of imidazole rings is 1. The first kappa shape index (κ1) is 15.0. The molecule has 2 aromatic heterocycles. The maximum atomic E-state index is 12.9. The molecule has 1 atom stereocenters. The largest absolute Gasteiger partial charge is 0.337 e. The summed E-state index contributed by atoms with van der Waals surface area (Å²) >= 11 is 0. The molecule has 118 valence electrons. The number of aromatic nitrogens is 2. The highest BCUT2D eigenvalue weighted by Gasteiger charge is 2.27. The quantitative estimate of drug-likeness (QED) is 0.873. The molecule has 22 heavy (non-hydrogen) atoms. The van der Waals surface area contributed by atoms with Crippen LogP contribution < -0.4 is 0 Å². The van der Waals surface area contributed by atoms with E-state index in [1.165, 1.54) is 6.42 Å². The zero-order valence-corrected chi connectivity index (χ0v) is 13.6. The normalized spacial score (nSPS) is 19.1. The fraction of sp³-hybridized carbons (Fsp3) is 0.529. The molecule has 1 saturated heterocycles. The van der Waals surface area contributed by atoms with Crippen LogP contribution in [0, 0.1) is 5.92 Å². The minimum absolute atomic E-state index is 0.0760. The summed E-state index contributed by atoms with van der Waals surface area (Å²) in [6.07, 6.45) is 4.28. The molecule has 0 spiro atoms. The van der Waals surface area contributed by atoms with E-state index in [1.54, 1.807) is 0 Å². The van der Waals surface area contributed by atoms with Crippen molar-refractivity contribution in [1.82, 2.24) is 19.2 Å². The number of likely N-dealkylation sites (tertiary alicyclic amines) is 1. The Labute approximate surface area is 131 Å². The van der Waals surface area contributed by atoms with Crippen LogP contribution in [0.5, 0.6) is 0 Å². The SMILES string of the molecule is CC1CCCN(C(=O)c2nc3ccccn3c2CN(C)C)C1. The van der Waals surface area contributed by atoms with Crippen molar-refractivity contribution in [2.24, 2.45) is 5.92 Å². The van der Waals surface area contributed by atoms with Crippen LogP contribution in [0.25, 0.3) is 5.65 Å². The number of pyridine rings is 1. The zero-order chi connectivity index (χ0) is 15.7. The maximum Gasteiger partial charge on any atom is 0.274 e. The second-order valence-corrected chi connectivity index (χ2v) is 6.57. The smallest absolute Gasteiger partial charge is 0.274 e. The Morgan fingerprint density at radius 1 is 1.41 bits per heavy atom. The topological polar surface area (TPSA) is 40.9 Å². The summed E-state index contributed by atoms with van der Waals surface area (Å²) in [6.45, 7) is 4.60. The second-order valence-electron chi connectivity index (χ2n) is 6.57.